The molecule has 1 saturated heterocycles. The van der Waals surface area contributed by atoms with Crippen LogP contribution in [0.15, 0.2) is 54.6 Å². The first kappa shape index (κ1) is 18.0. The molecule has 3 rings (SSSR count). The quantitative estimate of drug-likeness (QED) is 0.749. The second-order valence-electron chi connectivity index (χ2n) is 6.55. The van der Waals surface area contributed by atoms with Gasteiger partial charge in [-0.25, -0.2) is 8.42 Å². The molecule has 0 aliphatic carbocycles. The summed E-state index contributed by atoms with van der Waals surface area (Å²) in [6, 6.07) is 17.7. The van der Waals surface area contributed by atoms with E-state index in [1.54, 1.807) is 4.90 Å². The standard InChI is InChI=1S/C19H20ClNO3S/c1-14-7-9-17(10-8-14)19(16-5-3-2-4-6-16)21-12-15(11-18(21)22)13-25(20,23)24/h2-10,15,19H,11-13H2,1H3. The Hall–Kier alpha value is -1.85. The van der Waals surface area contributed by atoms with Gasteiger partial charge in [-0.15, -0.1) is 0 Å². The van der Waals surface area contributed by atoms with Gasteiger partial charge in [0.1, 0.15) is 0 Å². The number of benzene rings is 2. The molecule has 2 atom stereocenters. The Balaban J connectivity index is 1.95. The Labute approximate surface area is 152 Å². The molecule has 4 nitrogen and oxygen atoms in total. The van der Waals surface area contributed by atoms with Crippen molar-refractivity contribution in [2.24, 2.45) is 5.92 Å². The van der Waals surface area contributed by atoms with Crippen LogP contribution in [0, 0.1) is 12.8 Å². The molecule has 6 heteroatoms. The molecule has 25 heavy (non-hydrogen) atoms. The lowest BCUT2D eigenvalue weighted by Gasteiger charge is -2.29. The molecule has 2 aromatic rings. The van der Waals surface area contributed by atoms with Crippen LogP contribution in [0.4, 0.5) is 0 Å². The van der Waals surface area contributed by atoms with E-state index in [1.165, 1.54) is 0 Å². The summed E-state index contributed by atoms with van der Waals surface area (Å²) in [5.41, 5.74) is 3.17. The first-order valence-corrected chi connectivity index (χ1v) is 10.6. The highest BCUT2D eigenvalue weighted by molar-refractivity contribution is 8.13. The molecule has 0 spiro atoms. The summed E-state index contributed by atoms with van der Waals surface area (Å²) in [5.74, 6) is -0.488. The van der Waals surface area contributed by atoms with E-state index in [2.05, 4.69) is 0 Å². The van der Waals surface area contributed by atoms with Crippen LogP contribution in [0.5, 0.6) is 0 Å². The zero-order chi connectivity index (χ0) is 18.0. The minimum Gasteiger partial charge on any atom is -0.331 e. The van der Waals surface area contributed by atoms with Gasteiger partial charge >= 0.3 is 0 Å². The zero-order valence-corrected chi connectivity index (χ0v) is 15.5. The maximum atomic E-state index is 12.6. The number of aryl methyl sites for hydroxylation is 1. The summed E-state index contributed by atoms with van der Waals surface area (Å²) < 4.78 is 22.8. The van der Waals surface area contributed by atoms with Crippen molar-refractivity contribution < 1.29 is 13.2 Å². The molecule has 0 aromatic heterocycles. The number of hydrogen-bond acceptors (Lipinski definition) is 3. The fourth-order valence-corrected chi connectivity index (χ4v) is 4.71. The molecular weight excluding hydrogens is 358 g/mol. The van der Waals surface area contributed by atoms with Crippen LogP contribution in [0.2, 0.25) is 0 Å². The number of nitrogens with zero attached hydrogens (tertiary/aromatic N) is 1. The van der Waals surface area contributed by atoms with Gasteiger partial charge in [0.2, 0.25) is 15.0 Å². The third-order valence-electron chi connectivity index (χ3n) is 4.49. The number of rotatable bonds is 5. The van der Waals surface area contributed by atoms with Gasteiger partial charge in [-0.2, -0.15) is 0 Å². The number of carbonyl (C=O) groups is 1. The molecule has 2 unspecified atom stereocenters. The maximum Gasteiger partial charge on any atom is 0.232 e. The smallest absolute Gasteiger partial charge is 0.232 e. The van der Waals surface area contributed by atoms with Crippen LogP contribution in [0.25, 0.3) is 0 Å². The number of halogens is 1. The predicted octanol–water partition coefficient (Wildman–Crippen LogP) is 3.50. The highest BCUT2D eigenvalue weighted by Gasteiger charge is 2.37. The predicted molar refractivity (Wildman–Crippen MR) is 98.9 cm³/mol. The second-order valence-corrected chi connectivity index (χ2v) is 9.37. The van der Waals surface area contributed by atoms with Gasteiger partial charge in [0.25, 0.3) is 0 Å². The van der Waals surface area contributed by atoms with Crippen molar-refractivity contribution in [1.29, 1.82) is 0 Å². The average Bonchev–Trinajstić information content (AvgIpc) is 2.89. The van der Waals surface area contributed by atoms with Crippen LogP contribution in [-0.2, 0) is 13.8 Å². The number of hydrogen-bond donors (Lipinski definition) is 0. The van der Waals surface area contributed by atoms with E-state index in [4.69, 9.17) is 10.7 Å². The van der Waals surface area contributed by atoms with Crippen molar-refractivity contribution in [1.82, 2.24) is 4.90 Å². The van der Waals surface area contributed by atoms with Gasteiger partial charge in [-0.1, -0.05) is 60.2 Å². The molecule has 1 aliphatic rings. The van der Waals surface area contributed by atoms with Crippen molar-refractivity contribution in [2.45, 2.75) is 19.4 Å². The summed E-state index contributed by atoms with van der Waals surface area (Å²) >= 11 is 0. The Bertz CT molecular complexity index is 850. The van der Waals surface area contributed by atoms with E-state index in [9.17, 15) is 13.2 Å². The molecule has 1 amide bonds. The molecule has 1 heterocycles. The second kappa shape index (κ2) is 7.18. The van der Waals surface area contributed by atoms with Crippen LogP contribution in [-0.4, -0.2) is 31.5 Å². The highest BCUT2D eigenvalue weighted by atomic mass is 35.7. The largest absolute Gasteiger partial charge is 0.331 e. The van der Waals surface area contributed by atoms with E-state index in [-0.39, 0.29) is 30.0 Å². The number of carbonyl (C=O) groups excluding carboxylic acids is 1. The first-order valence-electron chi connectivity index (χ1n) is 8.17. The summed E-state index contributed by atoms with van der Waals surface area (Å²) in [6.07, 6.45) is 0.209. The fraction of sp³-hybridized carbons (Fsp3) is 0.316. The summed E-state index contributed by atoms with van der Waals surface area (Å²) in [6.45, 7) is 2.40. The lowest BCUT2D eigenvalue weighted by molar-refractivity contribution is -0.129. The van der Waals surface area contributed by atoms with Gasteiger partial charge in [0.05, 0.1) is 11.8 Å². The normalized spacial score (nSPS) is 19.2. The van der Waals surface area contributed by atoms with E-state index in [1.807, 2.05) is 61.5 Å². The Morgan fingerprint density at radius 3 is 2.28 bits per heavy atom. The molecular formula is C19H20ClNO3S. The van der Waals surface area contributed by atoms with E-state index in [0.29, 0.717) is 6.54 Å². The van der Waals surface area contributed by atoms with Crippen LogP contribution < -0.4 is 0 Å². The van der Waals surface area contributed by atoms with Crippen molar-refractivity contribution in [3.8, 4) is 0 Å². The van der Waals surface area contributed by atoms with Gasteiger partial charge in [-0.3, -0.25) is 4.79 Å². The lowest BCUT2D eigenvalue weighted by Crippen LogP contribution is -2.31. The molecule has 2 aromatic carbocycles. The molecule has 132 valence electrons. The SMILES string of the molecule is Cc1ccc(C(c2ccccc2)N2CC(CS(=O)(=O)Cl)CC2=O)cc1. The highest BCUT2D eigenvalue weighted by Crippen LogP contribution is 2.34. The van der Waals surface area contributed by atoms with Crippen molar-refractivity contribution in [2.75, 3.05) is 12.3 Å². The van der Waals surface area contributed by atoms with Gasteiger partial charge in [0, 0.05) is 29.6 Å². The Morgan fingerprint density at radius 2 is 1.68 bits per heavy atom. The van der Waals surface area contributed by atoms with Crippen LogP contribution >= 0.6 is 10.7 Å². The van der Waals surface area contributed by atoms with Crippen molar-refractivity contribution in [3.63, 3.8) is 0 Å². The van der Waals surface area contributed by atoms with E-state index in [0.717, 1.165) is 16.7 Å². The summed E-state index contributed by atoms with van der Waals surface area (Å²) in [4.78, 5) is 14.4. The number of likely N-dealkylation sites (tertiary alicyclic amines) is 1. The Kier molecular flexibility index (Phi) is 5.16. The third-order valence-corrected chi connectivity index (χ3v) is 5.74. The summed E-state index contributed by atoms with van der Waals surface area (Å²) in [7, 11) is 1.76. The minimum atomic E-state index is -3.62. The van der Waals surface area contributed by atoms with Gasteiger partial charge < -0.3 is 4.90 Å². The molecule has 0 N–H and O–H groups in total. The maximum absolute atomic E-state index is 12.6. The zero-order valence-electron chi connectivity index (χ0n) is 13.9. The molecule has 0 radical (unpaired) electrons. The third kappa shape index (κ3) is 4.41. The van der Waals surface area contributed by atoms with Crippen LogP contribution in [0.1, 0.15) is 29.2 Å². The van der Waals surface area contributed by atoms with Gasteiger partial charge in [-0.05, 0) is 18.1 Å². The van der Waals surface area contributed by atoms with Crippen molar-refractivity contribution in [3.05, 3.63) is 71.3 Å². The van der Waals surface area contributed by atoms with Crippen molar-refractivity contribution >= 4 is 25.6 Å². The monoisotopic (exact) mass is 377 g/mol. The van der Waals surface area contributed by atoms with Crippen LogP contribution in [0.3, 0.4) is 0 Å². The molecule has 0 bridgehead atoms. The lowest BCUT2D eigenvalue weighted by atomic mass is 9.96. The Morgan fingerprint density at radius 1 is 1.08 bits per heavy atom. The average molecular weight is 378 g/mol. The van der Waals surface area contributed by atoms with E-state index >= 15 is 0 Å². The van der Waals surface area contributed by atoms with Gasteiger partial charge in [0.15, 0.2) is 0 Å². The fourth-order valence-electron chi connectivity index (χ4n) is 3.39. The minimum absolute atomic E-state index is 0.0419. The number of amides is 1. The molecule has 1 aliphatic heterocycles. The summed E-state index contributed by atoms with van der Waals surface area (Å²) in [5, 5.41) is 0. The first-order chi connectivity index (χ1) is 11.8. The topological polar surface area (TPSA) is 54.5 Å². The van der Waals surface area contributed by atoms with E-state index < -0.39 is 9.05 Å². The molecule has 0 saturated carbocycles. The molecule has 1 fully saturated rings.